The first-order valence-corrected chi connectivity index (χ1v) is 10.0. The number of nitrogens with two attached hydrogens (primary N) is 1. The van der Waals surface area contributed by atoms with E-state index in [4.69, 9.17) is 52.1 Å². The van der Waals surface area contributed by atoms with Gasteiger partial charge in [-0.25, -0.2) is 4.98 Å². The first-order chi connectivity index (χ1) is 13.6. The molecule has 1 aromatic heterocycles. The fourth-order valence-corrected chi connectivity index (χ4v) is 4.80. The van der Waals surface area contributed by atoms with Crippen LogP contribution in [-0.2, 0) is 6.54 Å². The molecule has 2 heterocycles. The topological polar surface area (TPSA) is 55.9 Å². The Morgan fingerprint density at radius 1 is 1.10 bits per heavy atom. The van der Waals surface area contributed by atoms with Gasteiger partial charge < -0.3 is 15.6 Å². The number of imidazole rings is 1. The molecule has 1 aliphatic rings. The SMILES string of the molecule is NC(c1cc(-c2c(Cl)cc(Cl)cc2Cl)c(Cl)c2nc3n(c12)CCCN3)C(F)(F)F. The molecule has 0 saturated carbocycles. The summed E-state index contributed by atoms with van der Waals surface area (Å²) in [5, 5.41) is 3.80. The van der Waals surface area contributed by atoms with Gasteiger partial charge in [-0.15, -0.1) is 0 Å². The van der Waals surface area contributed by atoms with Crippen LogP contribution >= 0.6 is 46.4 Å². The van der Waals surface area contributed by atoms with Crippen LogP contribution in [0.3, 0.4) is 0 Å². The summed E-state index contributed by atoms with van der Waals surface area (Å²) in [5.41, 5.74) is 6.36. The molecule has 0 saturated heterocycles. The Morgan fingerprint density at radius 2 is 1.76 bits per heavy atom. The van der Waals surface area contributed by atoms with Crippen LogP contribution in [0, 0.1) is 0 Å². The van der Waals surface area contributed by atoms with Crippen LogP contribution in [0.4, 0.5) is 19.1 Å². The van der Waals surface area contributed by atoms with Crippen LogP contribution in [0.15, 0.2) is 18.2 Å². The van der Waals surface area contributed by atoms with Crippen molar-refractivity contribution in [2.24, 2.45) is 5.73 Å². The zero-order valence-corrected chi connectivity index (χ0v) is 17.6. The summed E-state index contributed by atoms with van der Waals surface area (Å²) >= 11 is 25.1. The number of benzene rings is 2. The van der Waals surface area contributed by atoms with Crippen LogP contribution in [0.25, 0.3) is 22.2 Å². The summed E-state index contributed by atoms with van der Waals surface area (Å²) in [6.07, 6.45) is -3.94. The summed E-state index contributed by atoms with van der Waals surface area (Å²) in [6.45, 7) is 1.15. The van der Waals surface area contributed by atoms with E-state index in [1.165, 1.54) is 18.2 Å². The van der Waals surface area contributed by atoms with Crippen molar-refractivity contribution < 1.29 is 13.2 Å². The zero-order chi connectivity index (χ0) is 21.1. The fourth-order valence-electron chi connectivity index (χ4n) is 3.50. The Hall–Kier alpha value is -1.38. The number of nitrogens with one attached hydrogen (secondary N) is 1. The van der Waals surface area contributed by atoms with Crippen LogP contribution in [0.5, 0.6) is 0 Å². The Kier molecular flexibility index (Phi) is 5.32. The molecular formula is C18H13Cl4F3N4. The van der Waals surface area contributed by atoms with Gasteiger partial charge >= 0.3 is 6.18 Å². The molecule has 0 amide bonds. The highest BCUT2D eigenvalue weighted by molar-refractivity contribution is 6.44. The molecule has 2 aromatic carbocycles. The number of aromatic nitrogens is 2. The van der Waals surface area contributed by atoms with E-state index in [2.05, 4.69) is 10.3 Å². The third-order valence-corrected chi connectivity index (χ3v) is 5.99. The van der Waals surface area contributed by atoms with E-state index in [9.17, 15) is 13.2 Å². The summed E-state index contributed by atoms with van der Waals surface area (Å²) in [6, 6.07) is 1.92. The summed E-state index contributed by atoms with van der Waals surface area (Å²) in [5.74, 6) is 0.439. The van der Waals surface area contributed by atoms with E-state index in [0.717, 1.165) is 6.42 Å². The molecule has 0 spiro atoms. The minimum Gasteiger partial charge on any atom is -0.356 e. The normalized spacial score (nSPS) is 15.3. The molecule has 1 atom stereocenters. The number of fused-ring (bicyclic) bond motifs is 3. The molecule has 0 fully saturated rings. The second-order valence-corrected chi connectivity index (χ2v) is 8.28. The Labute approximate surface area is 183 Å². The Bertz CT molecular complexity index is 1100. The summed E-state index contributed by atoms with van der Waals surface area (Å²) < 4.78 is 42.4. The highest BCUT2D eigenvalue weighted by atomic mass is 35.5. The number of hydrogen-bond donors (Lipinski definition) is 2. The van der Waals surface area contributed by atoms with Crippen LogP contribution < -0.4 is 11.1 Å². The predicted molar refractivity (Wildman–Crippen MR) is 111 cm³/mol. The van der Waals surface area contributed by atoms with Crippen molar-refractivity contribution in [1.82, 2.24) is 9.55 Å². The van der Waals surface area contributed by atoms with E-state index in [-0.39, 0.29) is 47.8 Å². The van der Waals surface area contributed by atoms with Gasteiger partial charge in [0.1, 0.15) is 11.6 Å². The molecule has 0 aliphatic carbocycles. The highest BCUT2D eigenvalue weighted by Gasteiger charge is 2.40. The number of aryl methyl sites for hydroxylation is 1. The van der Waals surface area contributed by atoms with Gasteiger partial charge in [0.2, 0.25) is 5.95 Å². The smallest absolute Gasteiger partial charge is 0.356 e. The highest BCUT2D eigenvalue weighted by Crippen LogP contribution is 2.46. The number of nitrogens with zero attached hydrogens (tertiary/aromatic N) is 2. The maximum atomic E-state index is 13.6. The molecule has 154 valence electrons. The molecule has 4 nitrogen and oxygen atoms in total. The fraction of sp³-hybridized carbons (Fsp3) is 0.278. The largest absolute Gasteiger partial charge is 0.407 e. The molecule has 11 heteroatoms. The minimum absolute atomic E-state index is 0.132. The number of halogens is 7. The van der Waals surface area contributed by atoms with Gasteiger partial charge in [0.15, 0.2) is 0 Å². The monoisotopic (exact) mass is 482 g/mol. The average molecular weight is 484 g/mol. The first-order valence-electron chi connectivity index (χ1n) is 8.53. The molecule has 1 aliphatic heterocycles. The molecule has 3 aromatic rings. The van der Waals surface area contributed by atoms with E-state index < -0.39 is 12.2 Å². The molecule has 0 radical (unpaired) electrons. The molecular weight excluding hydrogens is 471 g/mol. The molecule has 29 heavy (non-hydrogen) atoms. The van der Waals surface area contributed by atoms with Gasteiger partial charge in [0.05, 0.1) is 20.6 Å². The lowest BCUT2D eigenvalue weighted by Crippen LogP contribution is -2.29. The minimum atomic E-state index is -4.67. The number of anilines is 1. The number of alkyl halides is 3. The third kappa shape index (κ3) is 3.53. The van der Waals surface area contributed by atoms with Crippen molar-refractivity contribution in [1.29, 1.82) is 0 Å². The lowest BCUT2D eigenvalue weighted by molar-refractivity contribution is -0.148. The summed E-state index contributed by atoms with van der Waals surface area (Å²) in [4.78, 5) is 4.43. The van der Waals surface area contributed by atoms with Gasteiger partial charge in [0.25, 0.3) is 0 Å². The van der Waals surface area contributed by atoms with Crippen molar-refractivity contribution in [2.45, 2.75) is 25.2 Å². The quantitative estimate of drug-likeness (QED) is 0.426. The van der Waals surface area contributed by atoms with Crippen molar-refractivity contribution >= 4 is 63.4 Å². The van der Waals surface area contributed by atoms with Crippen LogP contribution in [0.2, 0.25) is 20.1 Å². The molecule has 1 unspecified atom stereocenters. The third-order valence-electron chi connectivity index (χ3n) is 4.79. The lowest BCUT2D eigenvalue weighted by Gasteiger charge is -2.22. The van der Waals surface area contributed by atoms with E-state index in [1.54, 1.807) is 4.57 Å². The second-order valence-electron chi connectivity index (χ2n) is 6.66. The number of rotatable bonds is 2. The standard InChI is InChI=1S/C18H13Cl4F3N4/c19-7-4-10(20)12(11(21)5-7)8-6-9(16(26)18(23,24)25)15-14(13(8)22)28-17-27-2-1-3-29(15)17/h4-6,16H,1-3,26H2,(H,27,28). The zero-order valence-electron chi connectivity index (χ0n) is 14.5. The first kappa shape index (κ1) is 20.9. The Balaban J connectivity index is 2.10. The molecule has 3 N–H and O–H groups in total. The van der Waals surface area contributed by atoms with Gasteiger partial charge in [-0.2, -0.15) is 13.2 Å². The van der Waals surface area contributed by atoms with E-state index in [0.29, 0.717) is 19.0 Å². The Morgan fingerprint density at radius 3 is 2.38 bits per heavy atom. The maximum absolute atomic E-state index is 13.6. The van der Waals surface area contributed by atoms with Gasteiger partial charge in [0, 0.05) is 34.8 Å². The van der Waals surface area contributed by atoms with E-state index >= 15 is 0 Å². The van der Waals surface area contributed by atoms with Gasteiger partial charge in [-0.3, -0.25) is 0 Å². The molecule has 0 bridgehead atoms. The lowest BCUT2D eigenvalue weighted by atomic mass is 9.97. The van der Waals surface area contributed by atoms with Gasteiger partial charge in [-0.05, 0) is 24.6 Å². The van der Waals surface area contributed by atoms with E-state index in [1.807, 2.05) is 0 Å². The van der Waals surface area contributed by atoms with Crippen LogP contribution in [-0.4, -0.2) is 22.3 Å². The average Bonchev–Trinajstić information content (AvgIpc) is 3.01. The predicted octanol–water partition coefficient (Wildman–Crippen LogP) is 6.69. The molecule has 4 rings (SSSR count). The van der Waals surface area contributed by atoms with Gasteiger partial charge in [-0.1, -0.05) is 46.4 Å². The van der Waals surface area contributed by atoms with Crippen molar-refractivity contribution in [3.05, 3.63) is 43.9 Å². The van der Waals surface area contributed by atoms with Crippen molar-refractivity contribution in [2.75, 3.05) is 11.9 Å². The second kappa shape index (κ2) is 7.39. The maximum Gasteiger partial charge on any atom is 0.407 e. The van der Waals surface area contributed by atoms with Crippen LogP contribution in [0.1, 0.15) is 18.0 Å². The number of hydrogen-bond acceptors (Lipinski definition) is 3. The summed E-state index contributed by atoms with van der Waals surface area (Å²) in [7, 11) is 0. The van der Waals surface area contributed by atoms with Crippen molar-refractivity contribution in [3.8, 4) is 11.1 Å². The van der Waals surface area contributed by atoms with Crippen molar-refractivity contribution in [3.63, 3.8) is 0 Å².